The molecule has 0 radical (unpaired) electrons. The number of hydrogen-bond acceptors (Lipinski definition) is 7. The van der Waals surface area contributed by atoms with Crippen molar-refractivity contribution in [3.8, 4) is 6.07 Å². The van der Waals surface area contributed by atoms with Crippen molar-refractivity contribution >= 4 is 80.6 Å². The number of ether oxygens (including phenoxy) is 2. The van der Waals surface area contributed by atoms with Crippen molar-refractivity contribution in [1.82, 2.24) is 0 Å². The first-order valence-electron chi connectivity index (χ1n) is 8.89. The van der Waals surface area contributed by atoms with E-state index in [9.17, 15) is 14.9 Å². The first-order chi connectivity index (χ1) is 13.6. The largest absolute Gasteiger partial charge is 0.466 e. The minimum Gasteiger partial charge on any atom is -0.466 e. The summed E-state index contributed by atoms with van der Waals surface area (Å²) in [6, 6.07) is 4.20. The standard InChI is InChI=1S/C20H21I2NO4S2/c1-11(24)26-7-5-6-8-27-18(25)12(10-23)19-28-16-14(21)9-13(20(2,3)4)15(22)17(16)29-19/h9H,5-8H2,1-4H3/b19-12+. The number of halogens is 2. The highest BCUT2D eigenvalue weighted by atomic mass is 127. The van der Waals surface area contributed by atoms with Crippen LogP contribution in [0.25, 0.3) is 0 Å². The second-order valence-corrected chi connectivity index (χ2v) is 11.8. The third-order valence-corrected chi connectivity index (χ3v) is 9.28. The monoisotopic (exact) mass is 657 g/mol. The molecule has 0 bridgehead atoms. The Morgan fingerprint density at radius 3 is 2.24 bits per heavy atom. The van der Waals surface area contributed by atoms with Crippen LogP contribution in [0.3, 0.4) is 0 Å². The van der Waals surface area contributed by atoms with E-state index in [1.807, 2.05) is 6.07 Å². The van der Waals surface area contributed by atoms with Crippen LogP contribution >= 0.6 is 68.7 Å². The van der Waals surface area contributed by atoms with Crippen LogP contribution in [0.15, 0.2) is 25.7 Å². The Morgan fingerprint density at radius 1 is 1.10 bits per heavy atom. The minimum absolute atomic E-state index is 0.00621. The molecule has 0 aliphatic carbocycles. The van der Waals surface area contributed by atoms with Crippen LogP contribution in [0.4, 0.5) is 0 Å². The van der Waals surface area contributed by atoms with E-state index < -0.39 is 5.97 Å². The molecule has 0 N–H and O–H groups in total. The van der Waals surface area contributed by atoms with Gasteiger partial charge < -0.3 is 9.47 Å². The molecule has 0 aromatic heterocycles. The van der Waals surface area contributed by atoms with E-state index in [1.54, 1.807) is 0 Å². The highest BCUT2D eigenvalue weighted by Gasteiger charge is 2.32. The number of hydrogen-bond donors (Lipinski definition) is 0. The Labute approximate surface area is 207 Å². The summed E-state index contributed by atoms with van der Waals surface area (Å²) in [5.74, 6) is -0.934. The van der Waals surface area contributed by atoms with Crippen molar-refractivity contribution in [2.75, 3.05) is 13.2 Å². The second-order valence-electron chi connectivity index (χ2n) is 7.29. The molecule has 1 aliphatic rings. The smallest absolute Gasteiger partial charge is 0.350 e. The summed E-state index contributed by atoms with van der Waals surface area (Å²) in [6.45, 7) is 8.37. The summed E-state index contributed by atoms with van der Waals surface area (Å²) in [5.41, 5.74) is 1.30. The average Bonchev–Trinajstić information content (AvgIpc) is 3.06. The summed E-state index contributed by atoms with van der Waals surface area (Å²) >= 11 is 7.60. The molecule has 29 heavy (non-hydrogen) atoms. The molecule has 0 atom stereocenters. The molecule has 1 aliphatic heterocycles. The van der Waals surface area contributed by atoms with Gasteiger partial charge in [-0.2, -0.15) is 5.26 Å². The lowest BCUT2D eigenvalue weighted by molar-refractivity contribution is -0.142. The molecule has 156 valence electrons. The maximum absolute atomic E-state index is 12.4. The predicted octanol–water partition coefficient (Wildman–Crippen LogP) is 6.01. The first kappa shape index (κ1) is 24.8. The molecule has 1 aromatic rings. The Balaban J connectivity index is 2.12. The van der Waals surface area contributed by atoms with E-state index in [2.05, 4.69) is 72.0 Å². The van der Waals surface area contributed by atoms with Crippen molar-refractivity contribution in [3.63, 3.8) is 0 Å². The molecule has 0 amide bonds. The second kappa shape index (κ2) is 10.7. The van der Waals surface area contributed by atoms with Crippen LogP contribution in [-0.4, -0.2) is 25.2 Å². The van der Waals surface area contributed by atoms with Gasteiger partial charge in [-0.25, -0.2) is 4.79 Å². The van der Waals surface area contributed by atoms with Crippen molar-refractivity contribution in [1.29, 1.82) is 5.26 Å². The fraction of sp³-hybridized carbons (Fsp3) is 0.450. The van der Waals surface area contributed by atoms with E-state index in [-0.39, 0.29) is 23.6 Å². The first-order valence-corrected chi connectivity index (χ1v) is 12.7. The van der Waals surface area contributed by atoms with Gasteiger partial charge in [-0.1, -0.05) is 44.3 Å². The fourth-order valence-corrected chi connectivity index (χ4v) is 7.80. The van der Waals surface area contributed by atoms with Crippen LogP contribution in [0.1, 0.15) is 46.1 Å². The van der Waals surface area contributed by atoms with Crippen molar-refractivity contribution in [2.45, 2.75) is 55.7 Å². The number of thioether (sulfide) groups is 2. The van der Waals surface area contributed by atoms with E-state index >= 15 is 0 Å². The van der Waals surface area contributed by atoms with Crippen LogP contribution in [0, 0.1) is 18.5 Å². The van der Waals surface area contributed by atoms with Crippen LogP contribution < -0.4 is 0 Å². The summed E-state index contributed by atoms with van der Waals surface area (Å²) in [5, 5.41) is 9.56. The highest BCUT2D eigenvalue weighted by Crippen LogP contribution is 2.56. The van der Waals surface area contributed by atoms with Crippen molar-refractivity contribution in [3.05, 3.63) is 28.6 Å². The molecule has 1 heterocycles. The third kappa shape index (κ3) is 6.51. The normalized spacial score (nSPS) is 14.8. The molecule has 9 heteroatoms. The summed E-state index contributed by atoms with van der Waals surface area (Å²) in [4.78, 5) is 25.3. The van der Waals surface area contributed by atoms with E-state index in [1.165, 1.54) is 36.0 Å². The number of benzene rings is 1. The molecular weight excluding hydrogens is 636 g/mol. The van der Waals surface area contributed by atoms with Gasteiger partial charge in [-0.15, -0.1) is 0 Å². The van der Waals surface area contributed by atoms with Gasteiger partial charge in [-0.05, 0) is 75.1 Å². The number of carbonyl (C=O) groups excluding carboxylic acids is 2. The SMILES string of the molecule is CC(=O)OCCCCOC(=O)/C(C#N)=C1\Sc2c(I)cc(C(C)(C)C)c(I)c2S1. The van der Waals surface area contributed by atoms with E-state index in [0.29, 0.717) is 23.7 Å². The maximum atomic E-state index is 12.4. The lowest BCUT2D eigenvalue weighted by atomic mass is 9.87. The van der Waals surface area contributed by atoms with Gasteiger partial charge >= 0.3 is 11.9 Å². The topological polar surface area (TPSA) is 76.4 Å². The van der Waals surface area contributed by atoms with Crippen LogP contribution in [0.5, 0.6) is 0 Å². The molecular formula is C20H21I2NO4S2. The van der Waals surface area contributed by atoms with Gasteiger partial charge in [0.2, 0.25) is 0 Å². The van der Waals surface area contributed by atoms with Gasteiger partial charge in [0.1, 0.15) is 6.07 Å². The maximum Gasteiger partial charge on any atom is 0.350 e. The molecule has 1 aromatic carbocycles. The summed E-state index contributed by atoms with van der Waals surface area (Å²) < 4.78 is 13.0. The zero-order valence-electron chi connectivity index (χ0n) is 16.6. The van der Waals surface area contributed by atoms with Crippen molar-refractivity contribution in [2.24, 2.45) is 0 Å². The van der Waals surface area contributed by atoms with E-state index in [4.69, 9.17) is 9.47 Å². The lowest BCUT2D eigenvalue weighted by Gasteiger charge is -2.22. The summed E-state index contributed by atoms with van der Waals surface area (Å²) in [6.07, 6.45) is 1.17. The quantitative estimate of drug-likeness (QED) is 0.122. The number of esters is 2. The number of nitrogens with zero attached hydrogens (tertiary/aromatic N) is 1. The Kier molecular flexibility index (Phi) is 9.18. The molecule has 0 fully saturated rings. The zero-order chi connectivity index (χ0) is 21.8. The van der Waals surface area contributed by atoms with Gasteiger partial charge in [0, 0.05) is 23.9 Å². The number of unbranched alkanes of at least 4 members (excludes halogenated alkanes) is 1. The van der Waals surface area contributed by atoms with Crippen molar-refractivity contribution < 1.29 is 19.1 Å². The Morgan fingerprint density at radius 2 is 1.69 bits per heavy atom. The molecule has 0 unspecified atom stereocenters. The van der Waals surface area contributed by atoms with Crippen LogP contribution in [0.2, 0.25) is 0 Å². The van der Waals surface area contributed by atoms with Gasteiger partial charge in [-0.3, -0.25) is 4.79 Å². The average molecular weight is 657 g/mol. The fourth-order valence-electron chi connectivity index (χ4n) is 2.46. The number of fused-ring (bicyclic) bond motifs is 1. The highest BCUT2D eigenvalue weighted by molar-refractivity contribution is 14.1. The molecule has 0 saturated carbocycles. The number of rotatable bonds is 6. The molecule has 2 rings (SSSR count). The number of carbonyl (C=O) groups is 2. The minimum atomic E-state index is -0.608. The Hall–Kier alpha value is -0.450. The summed E-state index contributed by atoms with van der Waals surface area (Å²) in [7, 11) is 0. The lowest BCUT2D eigenvalue weighted by Crippen LogP contribution is -2.14. The zero-order valence-corrected chi connectivity index (χ0v) is 22.5. The van der Waals surface area contributed by atoms with Gasteiger partial charge in [0.05, 0.1) is 17.5 Å². The third-order valence-electron chi connectivity index (χ3n) is 3.92. The Bertz CT molecular complexity index is 901. The number of nitriles is 1. The van der Waals surface area contributed by atoms with E-state index in [0.717, 1.165) is 16.9 Å². The molecule has 0 saturated heterocycles. The van der Waals surface area contributed by atoms with Gasteiger partial charge in [0.15, 0.2) is 5.57 Å². The predicted molar refractivity (Wildman–Crippen MR) is 132 cm³/mol. The van der Waals surface area contributed by atoms with Gasteiger partial charge in [0.25, 0.3) is 0 Å². The molecule has 0 spiro atoms. The van der Waals surface area contributed by atoms with Crippen LogP contribution in [-0.2, 0) is 24.5 Å². The molecule has 5 nitrogen and oxygen atoms in total.